The van der Waals surface area contributed by atoms with Crippen molar-refractivity contribution in [1.82, 2.24) is 9.44 Å². The number of aliphatic hydroxyl groups is 1. The summed E-state index contributed by atoms with van der Waals surface area (Å²) in [6.45, 7) is 10.5. The lowest BCUT2D eigenvalue weighted by Crippen LogP contribution is -2.42. The number of nitrogens with one attached hydrogen (secondary N) is 2. The molecule has 0 heterocycles. The van der Waals surface area contributed by atoms with Crippen molar-refractivity contribution in [3.8, 4) is 0 Å². The van der Waals surface area contributed by atoms with E-state index in [2.05, 4.69) is 9.44 Å². The molecule has 318 valence electrons. The summed E-state index contributed by atoms with van der Waals surface area (Å²) >= 11 is 0. The third-order valence-corrected chi connectivity index (χ3v) is 14.4. The third kappa shape index (κ3) is 22.0. The van der Waals surface area contributed by atoms with Gasteiger partial charge in [-0.25, -0.2) is 35.9 Å². The van der Waals surface area contributed by atoms with E-state index in [1.165, 1.54) is 57.8 Å². The third-order valence-electron chi connectivity index (χ3n) is 9.98. The molecule has 54 heavy (non-hydrogen) atoms. The quantitative estimate of drug-likeness (QED) is 0.0508. The van der Waals surface area contributed by atoms with Gasteiger partial charge < -0.3 is 19.4 Å². The van der Waals surface area contributed by atoms with Crippen molar-refractivity contribution >= 4 is 38.5 Å². The Morgan fingerprint density at radius 3 is 1.07 bits per heavy atom. The summed E-state index contributed by atoms with van der Waals surface area (Å²) < 4.78 is 62.8. The van der Waals surface area contributed by atoms with E-state index >= 15 is 0 Å². The molecule has 3 N–H and O–H groups in total. The van der Waals surface area contributed by atoms with E-state index in [1.807, 2.05) is 0 Å². The van der Waals surface area contributed by atoms with Crippen LogP contribution in [0, 0.1) is 0 Å². The molecule has 0 saturated heterocycles. The minimum atomic E-state index is -3.68. The maximum Gasteiger partial charge on any atom is 0.421 e. The predicted octanol–water partition coefficient (Wildman–Crippen LogP) is 9.52. The maximum absolute atomic E-state index is 12.5. The number of sulfonamides is 2. The smallest absolute Gasteiger partial charge is 0.421 e. The first-order valence-corrected chi connectivity index (χ1v) is 23.8. The van der Waals surface area contributed by atoms with Crippen LogP contribution in [0.3, 0.4) is 0 Å². The van der Waals surface area contributed by atoms with E-state index < -0.39 is 52.9 Å². The SMILES string of the molecule is CC(C)(C)OC(=O)NS(=O)(=O)C1(CCCCCCCCCCCC=O)CC1.CC(C)(C)OC(=O)NS(=O)(=O)C1(CCCCCCCCCCCCO)CC1. The number of aldehydes is 1. The van der Waals surface area contributed by atoms with Gasteiger partial charge in [-0.2, -0.15) is 0 Å². The first kappa shape index (κ1) is 50.1. The number of aliphatic hydroxyl groups excluding tert-OH is 1. The molecule has 0 aromatic rings. The predicted molar refractivity (Wildman–Crippen MR) is 215 cm³/mol. The van der Waals surface area contributed by atoms with E-state index in [0.29, 0.717) is 51.6 Å². The van der Waals surface area contributed by atoms with Crippen LogP contribution in [0.1, 0.15) is 208 Å². The highest BCUT2D eigenvalue weighted by molar-refractivity contribution is 7.92. The van der Waals surface area contributed by atoms with Crippen molar-refractivity contribution in [3.05, 3.63) is 0 Å². The Labute approximate surface area is 328 Å². The summed E-state index contributed by atoms with van der Waals surface area (Å²) in [4.78, 5) is 33.8. The molecule has 2 rings (SSSR count). The highest BCUT2D eigenvalue weighted by Crippen LogP contribution is 2.48. The summed E-state index contributed by atoms with van der Waals surface area (Å²) in [5, 5.41) is 8.72. The maximum atomic E-state index is 12.5. The largest absolute Gasteiger partial charge is 0.443 e. The van der Waals surface area contributed by atoms with Crippen LogP contribution in [0.4, 0.5) is 9.59 Å². The van der Waals surface area contributed by atoms with Crippen molar-refractivity contribution in [2.24, 2.45) is 0 Å². The molecule has 2 fully saturated rings. The van der Waals surface area contributed by atoms with Gasteiger partial charge >= 0.3 is 12.2 Å². The Balaban J connectivity index is 0.000000540. The first-order chi connectivity index (χ1) is 25.2. The van der Waals surface area contributed by atoms with Gasteiger partial charge in [0.25, 0.3) is 0 Å². The molecule has 2 amide bonds. The van der Waals surface area contributed by atoms with Gasteiger partial charge in [0.15, 0.2) is 0 Å². The molecule has 0 aliphatic heterocycles. The Kier molecular flexibility index (Phi) is 22.9. The van der Waals surface area contributed by atoms with Gasteiger partial charge in [-0.3, -0.25) is 0 Å². The summed E-state index contributed by atoms with van der Waals surface area (Å²) in [6, 6.07) is 0. The second-order valence-electron chi connectivity index (χ2n) is 17.5. The number of hydrogen-bond donors (Lipinski definition) is 3. The van der Waals surface area contributed by atoms with E-state index in [0.717, 1.165) is 70.5 Å². The van der Waals surface area contributed by atoms with Crippen LogP contribution in [0.15, 0.2) is 0 Å². The lowest BCUT2D eigenvalue weighted by Gasteiger charge is -2.22. The van der Waals surface area contributed by atoms with Gasteiger partial charge in [0.05, 0.1) is 9.49 Å². The van der Waals surface area contributed by atoms with Crippen molar-refractivity contribution < 1.29 is 45.8 Å². The lowest BCUT2D eigenvalue weighted by atomic mass is 10.0. The van der Waals surface area contributed by atoms with Gasteiger partial charge in [0, 0.05) is 13.0 Å². The number of rotatable bonds is 28. The molecule has 14 heteroatoms. The number of ether oxygens (including phenoxy) is 2. The minimum absolute atomic E-state index is 0.296. The topological polar surface area (TPSA) is 182 Å². The zero-order valence-corrected chi connectivity index (χ0v) is 36.2. The van der Waals surface area contributed by atoms with Crippen molar-refractivity contribution in [3.63, 3.8) is 0 Å². The second-order valence-corrected chi connectivity index (χ2v) is 21.6. The molecule has 0 radical (unpaired) electrons. The van der Waals surface area contributed by atoms with E-state index in [4.69, 9.17) is 14.6 Å². The highest BCUT2D eigenvalue weighted by atomic mass is 32.2. The summed E-state index contributed by atoms with van der Waals surface area (Å²) in [5.41, 5.74) is -1.43. The normalized spacial score (nSPS) is 16.1. The Morgan fingerprint density at radius 2 is 0.815 bits per heavy atom. The Morgan fingerprint density at radius 1 is 0.537 bits per heavy atom. The van der Waals surface area contributed by atoms with Gasteiger partial charge in [0.2, 0.25) is 20.0 Å². The number of hydrogen-bond acceptors (Lipinski definition) is 10. The van der Waals surface area contributed by atoms with Gasteiger partial charge in [-0.1, -0.05) is 109 Å². The molecular formula is C40H76N2O10S2. The fraction of sp³-hybridized carbons (Fsp3) is 0.925. The van der Waals surface area contributed by atoms with Crippen LogP contribution in [0.5, 0.6) is 0 Å². The second kappa shape index (κ2) is 24.6. The molecule has 0 bridgehead atoms. The monoisotopic (exact) mass is 808 g/mol. The zero-order valence-electron chi connectivity index (χ0n) is 34.6. The molecule has 12 nitrogen and oxygen atoms in total. The fourth-order valence-electron chi connectivity index (χ4n) is 6.50. The van der Waals surface area contributed by atoms with Gasteiger partial charge in [-0.05, 0) is 92.9 Å². The van der Waals surface area contributed by atoms with Crippen LogP contribution in [-0.2, 0) is 34.3 Å². The van der Waals surface area contributed by atoms with E-state index in [-0.39, 0.29) is 0 Å². The zero-order chi connectivity index (χ0) is 40.8. The highest BCUT2D eigenvalue weighted by Gasteiger charge is 2.55. The Bertz CT molecular complexity index is 1300. The molecule has 2 aliphatic carbocycles. The van der Waals surface area contributed by atoms with Crippen LogP contribution in [0.25, 0.3) is 0 Å². The van der Waals surface area contributed by atoms with Gasteiger partial charge in [0.1, 0.15) is 17.5 Å². The molecular weight excluding hydrogens is 733 g/mol. The van der Waals surface area contributed by atoms with Crippen LogP contribution >= 0.6 is 0 Å². The molecule has 0 unspecified atom stereocenters. The van der Waals surface area contributed by atoms with Crippen LogP contribution < -0.4 is 9.44 Å². The molecule has 0 aromatic carbocycles. The van der Waals surface area contributed by atoms with Crippen molar-refractivity contribution in [2.75, 3.05) is 6.61 Å². The molecule has 2 aliphatic rings. The van der Waals surface area contributed by atoms with Gasteiger partial charge in [-0.15, -0.1) is 0 Å². The first-order valence-electron chi connectivity index (χ1n) is 20.8. The Hall–Kier alpha value is -1.93. The summed E-state index contributed by atoms with van der Waals surface area (Å²) in [5.74, 6) is 0. The summed E-state index contributed by atoms with van der Waals surface area (Å²) in [7, 11) is -7.36. The summed E-state index contributed by atoms with van der Waals surface area (Å²) in [6.07, 6.45) is 24.7. The average molecular weight is 809 g/mol. The van der Waals surface area contributed by atoms with Crippen molar-refractivity contribution in [1.29, 1.82) is 0 Å². The molecule has 0 atom stereocenters. The lowest BCUT2D eigenvalue weighted by molar-refractivity contribution is -0.107. The van der Waals surface area contributed by atoms with Crippen LogP contribution in [0.2, 0.25) is 0 Å². The standard InChI is InChI=1S/C20H39NO5S.C20H37NO5S/c2*1-19(2,3)26-18(23)21-27(24,25)20(15-16-20)14-12-10-8-6-4-5-7-9-11-13-17-22/h22H,4-17H2,1-3H3,(H,21,23);17H,4-16H2,1-3H3,(H,21,23). The van der Waals surface area contributed by atoms with E-state index in [9.17, 15) is 31.2 Å². The fourth-order valence-corrected chi connectivity index (χ4v) is 9.56. The van der Waals surface area contributed by atoms with Crippen molar-refractivity contribution in [2.45, 2.75) is 229 Å². The molecule has 0 spiro atoms. The van der Waals surface area contributed by atoms with E-state index in [1.54, 1.807) is 41.5 Å². The number of carbonyl (C=O) groups is 3. The molecule has 0 aromatic heterocycles. The minimum Gasteiger partial charge on any atom is -0.443 e. The number of amides is 2. The number of unbranched alkanes of at least 4 members (excludes halogenated alkanes) is 18. The molecule has 2 saturated carbocycles. The van der Waals surface area contributed by atoms with Crippen LogP contribution in [-0.4, -0.2) is 67.7 Å². The number of carbonyl (C=O) groups excluding carboxylic acids is 3. The average Bonchev–Trinajstić information content (AvgIpc) is 3.97.